The minimum absolute atomic E-state index is 0.0648. The summed E-state index contributed by atoms with van der Waals surface area (Å²) in [5, 5.41) is 3.44. The highest BCUT2D eigenvalue weighted by atomic mass is 16.1. The molecule has 0 bridgehead atoms. The van der Waals surface area contributed by atoms with Gasteiger partial charge in [0.05, 0.1) is 0 Å². The molecule has 0 unspecified atom stereocenters. The number of fused-ring (bicyclic) bond motifs is 1. The summed E-state index contributed by atoms with van der Waals surface area (Å²) in [7, 11) is 1.83. The summed E-state index contributed by atoms with van der Waals surface area (Å²) in [5.74, 6) is 0.928. The molecule has 0 fully saturated rings. The third-order valence-corrected chi connectivity index (χ3v) is 4.36. The van der Waals surface area contributed by atoms with Crippen LogP contribution in [0.2, 0.25) is 0 Å². The monoisotopic (exact) mass is 324 g/mol. The third kappa shape index (κ3) is 3.67. The van der Waals surface area contributed by atoms with E-state index in [4.69, 9.17) is 0 Å². The predicted molar refractivity (Wildman–Crippen MR) is 98.8 cm³/mol. The van der Waals surface area contributed by atoms with Gasteiger partial charge in [0.25, 0.3) is 0 Å². The second kappa shape index (κ2) is 7.81. The number of hydrogen-bond donors (Lipinski definition) is 1. The van der Waals surface area contributed by atoms with E-state index in [0.717, 1.165) is 44.9 Å². The molecular formula is C19H24N4O. The number of para-hydroxylation sites is 1. The molecule has 1 aliphatic rings. The van der Waals surface area contributed by atoms with Crippen molar-refractivity contribution in [3.05, 3.63) is 64.6 Å². The fraction of sp³-hybridized carbons (Fsp3) is 0.368. The molecule has 2 heterocycles. The van der Waals surface area contributed by atoms with Crippen LogP contribution in [-0.4, -0.2) is 30.7 Å². The maximum Gasteiger partial charge on any atom is 0.250 e. The SMILES string of the molecule is CN=C(NCCCCn1ccccc1=O)N1CCc2ccccc21. The van der Waals surface area contributed by atoms with Crippen molar-refractivity contribution < 1.29 is 0 Å². The summed E-state index contributed by atoms with van der Waals surface area (Å²) < 4.78 is 1.76. The number of pyridine rings is 1. The molecule has 1 aromatic heterocycles. The molecule has 1 aliphatic heterocycles. The number of aromatic nitrogens is 1. The average molecular weight is 324 g/mol. The lowest BCUT2D eigenvalue weighted by Gasteiger charge is -2.22. The van der Waals surface area contributed by atoms with E-state index in [0.29, 0.717) is 0 Å². The van der Waals surface area contributed by atoms with Crippen LogP contribution in [0.5, 0.6) is 0 Å². The molecule has 3 rings (SSSR count). The van der Waals surface area contributed by atoms with Gasteiger partial charge in [-0.15, -0.1) is 0 Å². The molecule has 1 aromatic carbocycles. The molecule has 0 spiro atoms. The van der Waals surface area contributed by atoms with Crippen molar-refractivity contribution >= 4 is 11.6 Å². The minimum Gasteiger partial charge on any atom is -0.356 e. The number of rotatable bonds is 5. The number of aliphatic imine (C=N–C) groups is 1. The molecule has 1 N–H and O–H groups in total. The Kier molecular flexibility index (Phi) is 5.31. The molecule has 0 saturated carbocycles. The Hall–Kier alpha value is -2.56. The van der Waals surface area contributed by atoms with E-state index in [1.807, 2.05) is 19.3 Å². The fourth-order valence-corrected chi connectivity index (χ4v) is 3.11. The van der Waals surface area contributed by atoms with Gasteiger partial charge < -0.3 is 14.8 Å². The normalized spacial score (nSPS) is 13.9. The van der Waals surface area contributed by atoms with Crippen LogP contribution in [0.15, 0.2) is 58.4 Å². The summed E-state index contributed by atoms with van der Waals surface area (Å²) in [4.78, 5) is 18.3. The number of nitrogens with zero attached hydrogens (tertiary/aromatic N) is 3. The quantitative estimate of drug-likeness (QED) is 0.521. The lowest BCUT2D eigenvalue weighted by atomic mass is 10.2. The van der Waals surface area contributed by atoms with Gasteiger partial charge in [-0.3, -0.25) is 9.79 Å². The van der Waals surface area contributed by atoms with Crippen molar-refractivity contribution in [2.75, 3.05) is 25.0 Å². The van der Waals surface area contributed by atoms with Crippen LogP contribution < -0.4 is 15.8 Å². The average Bonchev–Trinajstić information content (AvgIpc) is 3.04. The highest BCUT2D eigenvalue weighted by Crippen LogP contribution is 2.27. The van der Waals surface area contributed by atoms with Crippen LogP contribution in [0.4, 0.5) is 5.69 Å². The zero-order valence-electron chi connectivity index (χ0n) is 14.1. The Morgan fingerprint density at radius 2 is 2.00 bits per heavy atom. The van der Waals surface area contributed by atoms with Crippen molar-refractivity contribution in [3.8, 4) is 0 Å². The third-order valence-electron chi connectivity index (χ3n) is 4.36. The van der Waals surface area contributed by atoms with E-state index in [-0.39, 0.29) is 5.56 Å². The fourth-order valence-electron chi connectivity index (χ4n) is 3.11. The molecule has 0 amide bonds. The standard InChI is InChI=1S/C19H24N4O/c1-20-19(23-15-11-16-8-2-3-9-17(16)23)21-12-5-7-14-22-13-6-4-10-18(22)24/h2-4,6,8-10,13H,5,7,11-12,14-15H2,1H3,(H,20,21). The predicted octanol–water partition coefficient (Wildman–Crippen LogP) is 2.27. The lowest BCUT2D eigenvalue weighted by Crippen LogP contribution is -2.41. The van der Waals surface area contributed by atoms with Gasteiger partial charge in [-0.1, -0.05) is 24.3 Å². The molecular weight excluding hydrogens is 300 g/mol. The van der Waals surface area contributed by atoms with Gasteiger partial charge >= 0.3 is 0 Å². The molecule has 0 saturated heterocycles. The number of nitrogens with one attached hydrogen (secondary N) is 1. The first-order valence-electron chi connectivity index (χ1n) is 8.51. The van der Waals surface area contributed by atoms with Crippen LogP contribution in [0.3, 0.4) is 0 Å². The lowest BCUT2D eigenvalue weighted by molar-refractivity contribution is 0.587. The van der Waals surface area contributed by atoms with Crippen molar-refractivity contribution in [1.82, 2.24) is 9.88 Å². The number of unbranched alkanes of at least 4 members (excludes halogenated alkanes) is 1. The molecule has 0 atom stereocenters. The maximum absolute atomic E-state index is 11.6. The number of hydrogen-bond acceptors (Lipinski definition) is 2. The van der Waals surface area contributed by atoms with Gasteiger partial charge in [-0.25, -0.2) is 0 Å². The van der Waals surface area contributed by atoms with Crippen LogP contribution in [-0.2, 0) is 13.0 Å². The summed E-state index contributed by atoms with van der Waals surface area (Å²) in [6, 6.07) is 13.8. The second-order valence-electron chi connectivity index (χ2n) is 5.94. The van der Waals surface area contributed by atoms with Crippen molar-refractivity contribution in [3.63, 3.8) is 0 Å². The molecule has 126 valence electrons. The Morgan fingerprint density at radius 3 is 2.83 bits per heavy atom. The van der Waals surface area contributed by atoms with E-state index in [1.165, 1.54) is 11.3 Å². The largest absolute Gasteiger partial charge is 0.356 e. The highest BCUT2D eigenvalue weighted by Gasteiger charge is 2.21. The van der Waals surface area contributed by atoms with Gasteiger partial charge in [0, 0.05) is 44.6 Å². The number of guanidine groups is 1. The van der Waals surface area contributed by atoms with E-state index in [1.54, 1.807) is 16.7 Å². The van der Waals surface area contributed by atoms with E-state index >= 15 is 0 Å². The van der Waals surface area contributed by atoms with Crippen molar-refractivity contribution in [2.24, 2.45) is 4.99 Å². The van der Waals surface area contributed by atoms with Gasteiger partial charge in [-0.05, 0) is 37.0 Å². The Morgan fingerprint density at radius 1 is 1.17 bits per heavy atom. The molecule has 0 aliphatic carbocycles. The molecule has 5 heteroatoms. The van der Waals surface area contributed by atoms with E-state index in [2.05, 4.69) is 39.5 Å². The van der Waals surface area contributed by atoms with Crippen LogP contribution >= 0.6 is 0 Å². The minimum atomic E-state index is 0.0648. The summed E-state index contributed by atoms with van der Waals surface area (Å²) >= 11 is 0. The van der Waals surface area contributed by atoms with Gasteiger partial charge in [0.1, 0.15) is 0 Å². The second-order valence-corrected chi connectivity index (χ2v) is 5.94. The maximum atomic E-state index is 11.6. The zero-order chi connectivity index (χ0) is 16.8. The first kappa shape index (κ1) is 16.3. The van der Waals surface area contributed by atoms with Crippen LogP contribution in [0.1, 0.15) is 18.4 Å². The molecule has 5 nitrogen and oxygen atoms in total. The van der Waals surface area contributed by atoms with E-state index < -0.39 is 0 Å². The van der Waals surface area contributed by atoms with E-state index in [9.17, 15) is 4.79 Å². The van der Waals surface area contributed by atoms with Crippen molar-refractivity contribution in [2.45, 2.75) is 25.8 Å². The van der Waals surface area contributed by atoms with Gasteiger partial charge in [0.2, 0.25) is 5.56 Å². The number of aryl methyl sites for hydroxylation is 1. The first-order valence-corrected chi connectivity index (χ1v) is 8.51. The Labute approximate surface area is 142 Å². The molecule has 2 aromatic rings. The first-order chi connectivity index (χ1) is 11.8. The smallest absolute Gasteiger partial charge is 0.250 e. The topological polar surface area (TPSA) is 49.6 Å². The zero-order valence-corrected chi connectivity index (χ0v) is 14.1. The Bertz CT molecular complexity index is 766. The van der Waals surface area contributed by atoms with Crippen molar-refractivity contribution in [1.29, 1.82) is 0 Å². The summed E-state index contributed by atoms with van der Waals surface area (Å²) in [6.45, 7) is 2.58. The van der Waals surface area contributed by atoms with Gasteiger partial charge in [-0.2, -0.15) is 0 Å². The molecule has 0 radical (unpaired) electrons. The number of benzene rings is 1. The number of anilines is 1. The Balaban J connectivity index is 1.48. The summed E-state index contributed by atoms with van der Waals surface area (Å²) in [6.07, 6.45) is 4.87. The highest BCUT2D eigenvalue weighted by molar-refractivity contribution is 5.97. The molecule has 24 heavy (non-hydrogen) atoms. The summed E-state index contributed by atoms with van der Waals surface area (Å²) in [5.41, 5.74) is 2.69. The van der Waals surface area contributed by atoms with Gasteiger partial charge in [0.15, 0.2) is 5.96 Å². The van der Waals surface area contributed by atoms with Crippen LogP contribution in [0.25, 0.3) is 0 Å². The van der Waals surface area contributed by atoms with Crippen LogP contribution in [0, 0.1) is 0 Å².